The van der Waals surface area contributed by atoms with Crippen LogP contribution in [0.15, 0.2) is 59.2 Å². The Morgan fingerprint density at radius 1 is 0.968 bits per heavy atom. The molecule has 2 heterocycles. The summed E-state index contributed by atoms with van der Waals surface area (Å²) in [5.74, 6) is -0.866. The molecule has 31 heavy (non-hydrogen) atoms. The Kier molecular flexibility index (Phi) is 6.08. The van der Waals surface area contributed by atoms with Crippen molar-refractivity contribution >= 4 is 44.6 Å². The fraction of sp³-hybridized carbons (Fsp3) is 0.261. The monoisotopic (exact) mass is 482 g/mol. The van der Waals surface area contributed by atoms with Gasteiger partial charge in [-0.1, -0.05) is 34.1 Å². The summed E-state index contributed by atoms with van der Waals surface area (Å²) < 4.78 is 2.80. The lowest BCUT2D eigenvalue weighted by Gasteiger charge is -2.31. The van der Waals surface area contributed by atoms with E-state index >= 15 is 0 Å². The van der Waals surface area contributed by atoms with Gasteiger partial charge < -0.3 is 9.47 Å². The van der Waals surface area contributed by atoms with Crippen molar-refractivity contribution in [3.8, 4) is 0 Å². The number of nitrogens with zero attached hydrogens (tertiary/aromatic N) is 2. The van der Waals surface area contributed by atoms with Crippen LogP contribution in [0.4, 0.5) is 0 Å². The minimum absolute atomic E-state index is 0.0318. The highest BCUT2D eigenvalue weighted by molar-refractivity contribution is 9.10. The summed E-state index contributed by atoms with van der Waals surface area (Å²) in [4.78, 5) is 39.5. The summed E-state index contributed by atoms with van der Waals surface area (Å²) in [6.07, 6.45) is 2.86. The Morgan fingerprint density at radius 3 is 2.35 bits per heavy atom. The lowest BCUT2D eigenvalue weighted by Crippen LogP contribution is -2.48. The third kappa shape index (κ3) is 4.49. The third-order valence-electron chi connectivity index (χ3n) is 5.68. The number of hydrogen-bond donors (Lipinski definition) is 2. The Labute approximate surface area is 188 Å². The molecule has 1 aliphatic rings. The van der Waals surface area contributed by atoms with Crippen LogP contribution in [0, 0.1) is 5.92 Å². The zero-order chi connectivity index (χ0) is 22.0. The van der Waals surface area contributed by atoms with Crippen LogP contribution in [-0.2, 0) is 11.8 Å². The van der Waals surface area contributed by atoms with Crippen molar-refractivity contribution in [3.05, 3.63) is 70.3 Å². The maximum atomic E-state index is 12.6. The van der Waals surface area contributed by atoms with E-state index in [1.54, 1.807) is 23.2 Å². The van der Waals surface area contributed by atoms with Crippen LogP contribution < -0.4 is 10.9 Å². The molecule has 0 bridgehead atoms. The van der Waals surface area contributed by atoms with Crippen LogP contribution in [0.1, 0.15) is 33.6 Å². The number of carbonyl (C=O) groups excluding carboxylic acids is 3. The maximum Gasteiger partial charge on any atom is 0.271 e. The molecular formula is C23H23BrN4O3. The molecule has 0 radical (unpaired) electrons. The van der Waals surface area contributed by atoms with Gasteiger partial charge in [-0.2, -0.15) is 0 Å². The molecule has 1 fully saturated rings. The molecule has 3 amide bonds. The molecule has 0 atom stereocenters. The smallest absolute Gasteiger partial charge is 0.271 e. The van der Waals surface area contributed by atoms with Gasteiger partial charge in [-0.15, -0.1) is 0 Å². The number of nitrogens with one attached hydrogen (secondary N) is 2. The van der Waals surface area contributed by atoms with Crippen LogP contribution in [-0.4, -0.2) is 40.3 Å². The van der Waals surface area contributed by atoms with Crippen molar-refractivity contribution in [2.45, 2.75) is 12.8 Å². The molecular weight excluding hydrogens is 460 g/mol. The number of aromatic nitrogens is 1. The number of para-hydroxylation sites is 1. The van der Waals surface area contributed by atoms with E-state index in [0.29, 0.717) is 37.1 Å². The standard InChI is InChI=1S/C23H23BrN4O3/c1-27-14-19(18-4-2-3-5-20(18)27)22(30)26-25-21(29)15-10-12-28(13-11-15)23(31)16-6-8-17(24)9-7-16/h2-9,14-15H,10-13H2,1H3,(H,25,29)(H,26,30). The Balaban J connectivity index is 1.30. The number of halogens is 1. The number of benzene rings is 2. The van der Waals surface area contributed by atoms with Gasteiger partial charge in [0.05, 0.1) is 5.56 Å². The number of amides is 3. The summed E-state index contributed by atoms with van der Waals surface area (Å²) in [6, 6.07) is 14.9. The van der Waals surface area contributed by atoms with Crippen LogP contribution in [0.25, 0.3) is 10.9 Å². The second-order valence-corrected chi connectivity index (χ2v) is 8.60. The van der Waals surface area contributed by atoms with E-state index in [4.69, 9.17) is 0 Å². The summed E-state index contributed by atoms with van der Waals surface area (Å²) in [5, 5.41) is 0.830. The third-order valence-corrected chi connectivity index (χ3v) is 6.21. The number of piperidine rings is 1. The number of carbonyl (C=O) groups is 3. The molecule has 1 aliphatic heterocycles. The first-order chi connectivity index (χ1) is 14.9. The predicted molar refractivity (Wildman–Crippen MR) is 121 cm³/mol. The van der Waals surface area contributed by atoms with Crippen molar-refractivity contribution in [1.82, 2.24) is 20.3 Å². The van der Waals surface area contributed by atoms with Gasteiger partial charge in [0.2, 0.25) is 5.91 Å². The number of likely N-dealkylation sites (tertiary alicyclic amines) is 1. The summed E-state index contributed by atoms with van der Waals surface area (Å²) in [6.45, 7) is 1.01. The number of hydrazine groups is 1. The molecule has 0 unspecified atom stereocenters. The topological polar surface area (TPSA) is 83.4 Å². The number of rotatable bonds is 3. The van der Waals surface area contributed by atoms with Crippen molar-refractivity contribution in [1.29, 1.82) is 0 Å². The molecule has 0 spiro atoms. The van der Waals surface area contributed by atoms with E-state index in [0.717, 1.165) is 15.4 Å². The van der Waals surface area contributed by atoms with Gasteiger partial charge in [-0.3, -0.25) is 25.2 Å². The van der Waals surface area contributed by atoms with Crippen LogP contribution >= 0.6 is 15.9 Å². The lowest BCUT2D eigenvalue weighted by molar-refractivity contribution is -0.127. The van der Waals surface area contributed by atoms with E-state index in [1.165, 1.54) is 0 Å². The number of fused-ring (bicyclic) bond motifs is 1. The van der Waals surface area contributed by atoms with Crippen molar-refractivity contribution in [2.24, 2.45) is 13.0 Å². The Bertz CT molecular complexity index is 1130. The van der Waals surface area contributed by atoms with E-state index in [-0.39, 0.29) is 23.6 Å². The number of aryl methyl sites for hydroxylation is 1. The highest BCUT2D eigenvalue weighted by Gasteiger charge is 2.28. The molecule has 1 aromatic heterocycles. The van der Waals surface area contributed by atoms with E-state index in [2.05, 4.69) is 26.8 Å². The molecule has 7 nitrogen and oxygen atoms in total. The molecule has 4 rings (SSSR count). The highest BCUT2D eigenvalue weighted by atomic mass is 79.9. The molecule has 8 heteroatoms. The van der Waals surface area contributed by atoms with E-state index in [9.17, 15) is 14.4 Å². The first kappa shape index (κ1) is 21.1. The summed E-state index contributed by atoms with van der Waals surface area (Å²) >= 11 is 3.37. The van der Waals surface area contributed by atoms with Crippen LogP contribution in [0.5, 0.6) is 0 Å². The molecule has 0 saturated carbocycles. The lowest BCUT2D eigenvalue weighted by atomic mass is 9.95. The van der Waals surface area contributed by atoms with Crippen molar-refractivity contribution in [3.63, 3.8) is 0 Å². The fourth-order valence-corrected chi connectivity index (χ4v) is 4.19. The molecule has 160 valence electrons. The average Bonchev–Trinajstić information content (AvgIpc) is 3.14. The van der Waals surface area contributed by atoms with Gasteiger partial charge in [0.1, 0.15) is 0 Å². The van der Waals surface area contributed by atoms with Gasteiger partial charge >= 0.3 is 0 Å². The fourth-order valence-electron chi connectivity index (χ4n) is 3.93. The quantitative estimate of drug-likeness (QED) is 0.562. The predicted octanol–water partition coefficient (Wildman–Crippen LogP) is 3.25. The van der Waals surface area contributed by atoms with Crippen molar-refractivity contribution < 1.29 is 14.4 Å². The van der Waals surface area contributed by atoms with E-state index < -0.39 is 0 Å². The second kappa shape index (κ2) is 8.93. The highest BCUT2D eigenvalue weighted by Crippen LogP contribution is 2.21. The van der Waals surface area contributed by atoms with E-state index in [1.807, 2.05) is 48.0 Å². The first-order valence-electron chi connectivity index (χ1n) is 10.1. The minimum atomic E-state index is -0.354. The van der Waals surface area contributed by atoms with Gasteiger partial charge in [0, 0.05) is 53.2 Å². The maximum absolute atomic E-state index is 12.6. The molecule has 1 saturated heterocycles. The minimum Gasteiger partial charge on any atom is -0.350 e. The van der Waals surface area contributed by atoms with Gasteiger partial charge in [0.25, 0.3) is 11.8 Å². The first-order valence-corrected chi connectivity index (χ1v) is 10.9. The van der Waals surface area contributed by atoms with Gasteiger partial charge in [0.15, 0.2) is 0 Å². The summed E-state index contributed by atoms with van der Waals surface area (Å²) in [5.41, 5.74) is 7.17. The van der Waals surface area contributed by atoms with Gasteiger partial charge in [-0.05, 0) is 43.2 Å². The SMILES string of the molecule is Cn1cc(C(=O)NNC(=O)C2CCN(C(=O)c3ccc(Br)cc3)CC2)c2ccccc21. The van der Waals surface area contributed by atoms with Crippen LogP contribution in [0.2, 0.25) is 0 Å². The van der Waals surface area contributed by atoms with Crippen LogP contribution in [0.3, 0.4) is 0 Å². The normalized spacial score (nSPS) is 14.5. The van der Waals surface area contributed by atoms with Gasteiger partial charge in [-0.25, -0.2) is 0 Å². The zero-order valence-electron chi connectivity index (χ0n) is 17.1. The largest absolute Gasteiger partial charge is 0.350 e. The van der Waals surface area contributed by atoms with Crippen molar-refractivity contribution in [2.75, 3.05) is 13.1 Å². The Morgan fingerprint density at radius 2 is 1.65 bits per heavy atom. The molecule has 3 aromatic rings. The zero-order valence-corrected chi connectivity index (χ0v) is 18.7. The Hall–Kier alpha value is -3.13. The average molecular weight is 483 g/mol. The number of hydrogen-bond acceptors (Lipinski definition) is 3. The molecule has 2 N–H and O–H groups in total. The second-order valence-electron chi connectivity index (χ2n) is 7.69. The molecule has 2 aromatic carbocycles. The molecule has 0 aliphatic carbocycles. The summed E-state index contributed by atoms with van der Waals surface area (Å²) in [7, 11) is 1.88.